The van der Waals surface area contributed by atoms with Gasteiger partial charge in [-0.25, -0.2) is 4.79 Å². The minimum Gasteiger partial charge on any atom is -0.408 e. The monoisotopic (exact) mass is 417 g/mol. The molecule has 0 saturated heterocycles. The molecule has 1 aromatic carbocycles. The van der Waals surface area contributed by atoms with Gasteiger partial charge in [0.15, 0.2) is 5.75 Å². The summed E-state index contributed by atoms with van der Waals surface area (Å²) in [6.45, 7) is 0. The average molecular weight is 417 g/mol. The number of halogens is 2. The van der Waals surface area contributed by atoms with Crippen LogP contribution in [-0.4, -0.2) is 25.1 Å². The van der Waals surface area contributed by atoms with E-state index in [1.165, 1.54) is 4.90 Å². The third kappa shape index (κ3) is 2.97. The Morgan fingerprint density at radius 3 is 2.21 bits per heavy atom. The van der Waals surface area contributed by atoms with Gasteiger partial charge in [-0.15, -0.1) is 0 Å². The van der Waals surface area contributed by atoms with E-state index >= 15 is 0 Å². The van der Waals surface area contributed by atoms with Crippen LogP contribution in [0.4, 0.5) is 4.79 Å². The molecule has 0 spiro atoms. The smallest absolute Gasteiger partial charge is 0.408 e. The predicted molar refractivity (Wildman–Crippen MR) is 71.6 cm³/mol. The van der Waals surface area contributed by atoms with Crippen molar-refractivity contribution in [2.75, 3.05) is 14.1 Å². The van der Waals surface area contributed by atoms with Gasteiger partial charge in [-0.3, -0.25) is 0 Å². The number of hydrogen-bond acceptors (Lipinski definition) is 2. The zero-order chi connectivity index (χ0) is 10.7. The van der Waals surface area contributed by atoms with Crippen molar-refractivity contribution in [2.45, 2.75) is 0 Å². The van der Waals surface area contributed by atoms with E-state index in [0.29, 0.717) is 5.75 Å². The average Bonchev–Trinajstić information content (AvgIpc) is 2.11. The zero-order valence-corrected chi connectivity index (χ0v) is 12.1. The van der Waals surface area contributed by atoms with Crippen molar-refractivity contribution >= 4 is 51.3 Å². The number of carbonyl (C=O) groups is 1. The molecule has 0 aromatic heterocycles. The van der Waals surface area contributed by atoms with E-state index in [-0.39, 0.29) is 6.09 Å². The molecule has 0 fully saturated rings. The summed E-state index contributed by atoms with van der Waals surface area (Å²) in [5.41, 5.74) is 0. The molecule has 0 heterocycles. The molecule has 0 atom stereocenters. The Labute approximate surface area is 110 Å². The third-order valence-corrected chi connectivity index (χ3v) is 3.17. The van der Waals surface area contributed by atoms with Crippen LogP contribution in [0.1, 0.15) is 0 Å². The highest BCUT2D eigenvalue weighted by molar-refractivity contribution is 14.1. The van der Waals surface area contributed by atoms with Gasteiger partial charge in [0, 0.05) is 14.1 Å². The van der Waals surface area contributed by atoms with Crippen LogP contribution in [-0.2, 0) is 0 Å². The fourth-order valence-electron chi connectivity index (χ4n) is 0.759. The van der Waals surface area contributed by atoms with Crippen molar-refractivity contribution in [1.29, 1.82) is 0 Å². The molecule has 0 unspecified atom stereocenters. The Hall–Kier alpha value is -0.0500. The molecular weight excluding hydrogens is 408 g/mol. The van der Waals surface area contributed by atoms with Crippen LogP contribution in [0.5, 0.6) is 5.75 Å². The van der Waals surface area contributed by atoms with E-state index in [0.717, 1.165) is 7.14 Å². The largest absolute Gasteiger partial charge is 0.414 e. The first kappa shape index (κ1) is 12.0. The Kier molecular flexibility index (Phi) is 4.42. The van der Waals surface area contributed by atoms with E-state index in [2.05, 4.69) is 45.2 Å². The molecule has 0 aliphatic rings. The maximum absolute atomic E-state index is 11.3. The van der Waals surface area contributed by atoms with Crippen LogP contribution in [0.15, 0.2) is 18.2 Å². The van der Waals surface area contributed by atoms with E-state index in [1.54, 1.807) is 14.1 Å². The van der Waals surface area contributed by atoms with Crippen molar-refractivity contribution in [2.24, 2.45) is 0 Å². The number of rotatable bonds is 1. The summed E-state index contributed by atoms with van der Waals surface area (Å²) >= 11 is 4.28. The van der Waals surface area contributed by atoms with Gasteiger partial charge in [-0.2, -0.15) is 0 Å². The van der Waals surface area contributed by atoms with E-state index in [4.69, 9.17) is 4.74 Å². The molecule has 14 heavy (non-hydrogen) atoms. The van der Waals surface area contributed by atoms with Crippen molar-refractivity contribution in [3.63, 3.8) is 0 Å². The molecule has 0 saturated carbocycles. The highest BCUT2D eigenvalue weighted by atomic mass is 127. The number of ether oxygens (including phenoxy) is 1. The van der Waals surface area contributed by atoms with Gasteiger partial charge in [-0.05, 0) is 57.3 Å². The van der Waals surface area contributed by atoms with Crippen molar-refractivity contribution in [3.8, 4) is 5.75 Å². The number of nitrogens with zero attached hydrogens (tertiary/aromatic N) is 1. The topological polar surface area (TPSA) is 29.5 Å². The SMILES string of the molecule is CN(C)C(=O)Oc1c(I)cccc1I. The molecule has 0 N–H and O–H groups in total. The van der Waals surface area contributed by atoms with Crippen molar-refractivity contribution in [3.05, 3.63) is 25.3 Å². The van der Waals surface area contributed by atoms with Crippen molar-refractivity contribution in [1.82, 2.24) is 4.90 Å². The Bertz CT molecular complexity index is 332. The van der Waals surface area contributed by atoms with Gasteiger partial charge < -0.3 is 9.64 Å². The molecular formula is C9H9I2NO2. The van der Waals surface area contributed by atoms with E-state index < -0.39 is 0 Å². The lowest BCUT2D eigenvalue weighted by atomic mass is 10.3. The molecule has 0 bridgehead atoms. The van der Waals surface area contributed by atoms with E-state index in [9.17, 15) is 4.79 Å². The number of amides is 1. The van der Waals surface area contributed by atoms with Crippen LogP contribution in [0.25, 0.3) is 0 Å². The summed E-state index contributed by atoms with van der Waals surface area (Å²) in [6.07, 6.45) is -0.355. The molecule has 5 heteroatoms. The van der Waals surface area contributed by atoms with Gasteiger partial charge in [0.1, 0.15) is 0 Å². The van der Waals surface area contributed by atoms with Crippen LogP contribution in [0.3, 0.4) is 0 Å². The summed E-state index contributed by atoms with van der Waals surface area (Å²) in [5.74, 6) is 0.632. The molecule has 3 nitrogen and oxygen atoms in total. The first-order chi connectivity index (χ1) is 6.52. The lowest BCUT2D eigenvalue weighted by Crippen LogP contribution is -2.25. The maximum atomic E-state index is 11.3. The minimum absolute atomic E-state index is 0.355. The van der Waals surface area contributed by atoms with Crippen molar-refractivity contribution < 1.29 is 9.53 Å². The number of hydrogen-bond donors (Lipinski definition) is 0. The first-order valence-electron chi connectivity index (χ1n) is 3.85. The lowest BCUT2D eigenvalue weighted by molar-refractivity contribution is 0.171. The summed E-state index contributed by atoms with van der Waals surface area (Å²) in [5, 5.41) is 0. The minimum atomic E-state index is -0.355. The first-order valence-corrected chi connectivity index (χ1v) is 6.01. The second-order valence-corrected chi connectivity index (χ2v) is 5.14. The highest BCUT2D eigenvalue weighted by Gasteiger charge is 2.12. The van der Waals surface area contributed by atoms with Gasteiger partial charge in [0.05, 0.1) is 7.14 Å². The summed E-state index contributed by atoms with van der Waals surface area (Å²) in [7, 11) is 3.32. The Morgan fingerprint density at radius 1 is 1.29 bits per heavy atom. The Balaban J connectivity index is 2.91. The Morgan fingerprint density at radius 2 is 1.79 bits per heavy atom. The van der Waals surface area contributed by atoms with Crippen LogP contribution in [0, 0.1) is 7.14 Å². The van der Waals surface area contributed by atoms with Crippen LogP contribution >= 0.6 is 45.2 Å². The molecule has 0 radical (unpaired) electrons. The second-order valence-electron chi connectivity index (χ2n) is 2.81. The number of benzene rings is 1. The van der Waals surface area contributed by atoms with Crippen LogP contribution in [0.2, 0.25) is 0 Å². The quantitative estimate of drug-likeness (QED) is 0.659. The standard InChI is InChI=1S/C9H9I2NO2/c1-12(2)9(13)14-8-6(10)4-3-5-7(8)11/h3-5H,1-2H3. The van der Waals surface area contributed by atoms with Crippen LogP contribution < -0.4 is 4.74 Å². The highest BCUT2D eigenvalue weighted by Crippen LogP contribution is 2.27. The van der Waals surface area contributed by atoms with Gasteiger partial charge in [-0.1, -0.05) is 6.07 Å². The van der Waals surface area contributed by atoms with Gasteiger partial charge in [0.2, 0.25) is 0 Å². The predicted octanol–water partition coefficient (Wildman–Crippen LogP) is 2.96. The number of para-hydroxylation sites is 1. The summed E-state index contributed by atoms with van der Waals surface area (Å²) in [4.78, 5) is 12.7. The second kappa shape index (κ2) is 5.15. The summed E-state index contributed by atoms with van der Waals surface area (Å²) < 4.78 is 7.08. The molecule has 0 aliphatic carbocycles. The number of carbonyl (C=O) groups excluding carboxylic acids is 1. The molecule has 1 rings (SSSR count). The van der Waals surface area contributed by atoms with Gasteiger partial charge >= 0.3 is 6.09 Å². The molecule has 1 aromatic rings. The third-order valence-electron chi connectivity index (χ3n) is 1.47. The fraction of sp³-hybridized carbons (Fsp3) is 0.222. The molecule has 0 aliphatic heterocycles. The fourth-order valence-corrected chi connectivity index (χ4v) is 2.49. The van der Waals surface area contributed by atoms with Gasteiger partial charge in [0.25, 0.3) is 0 Å². The van der Waals surface area contributed by atoms with E-state index in [1.807, 2.05) is 18.2 Å². The zero-order valence-electron chi connectivity index (χ0n) is 7.75. The lowest BCUT2D eigenvalue weighted by Gasteiger charge is -2.12. The molecule has 1 amide bonds. The molecule has 76 valence electrons. The summed E-state index contributed by atoms with van der Waals surface area (Å²) in [6, 6.07) is 5.73. The maximum Gasteiger partial charge on any atom is 0.414 e. The normalized spacial score (nSPS) is 9.71.